The Bertz CT molecular complexity index is 4690. The van der Waals surface area contributed by atoms with E-state index >= 15 is 0 Å². The van der Waals surface area contributed by atoms with Gasteiger partial charge < -0.3 is 18.8 Å². The molecule has 8 aromatic carbocycles. The van der Waals surface area contributed by atoms with Crippen molar-refractivity contribution in [3.05, 3.63) is 163 Å². The minimum absolute atomic E-state index is 0.00582. The Hall–Kier alpha value is -6.63. The molecule has 2 aromatic heterocycles. The molecule has 0 aliphatic carbocycles. The highest BCUT2D eigenvalue weighted by Gasteiger charge is 2.39. The second-order valence-corrected chi connectivity index (χ2v) is 13.6. The third-order valence-corrected chi connectivity index (χ3v) is 10.7. The molecule has 2 aliphatic heterocycles. The average Bonchev–Trinajstić information content (AvgIpc) is 2.68. The zero-order valence-electron chi connectivity index (χ0n) is 53.7. The number of hydrogen-bond acceptors (Lipinski definition) is 4. The predicted octanol–water partition coefficient (Wildman–Crippen LogP) is 12.0. The van der Waals surface area contributed by atoms with Crippen LogP contribution in [0.25, 0.3) is 82.8 Å². The van der Waals surface area contributed by atoms with E-state index in [-0.39, 0.29) is 43.8 Å². The lowest BCUT2D eigenvalue weighted by Crippen LogP contribution is -2.46. The molecule has 0 bridgehead atoms. The third-order valence-electron chi connectivity index (χ3n) is 9.47. The molecule has 10 aromatic rings. The highest BCUT2D eigenvalue weighted by Crippen LogP contribution is 2.47. The molecule has 4 heterocycles. The van der Waals surface area contributed by atoms with Crippen LogP contribution in [0.1, 0.15) is 41.2 Å². The van der Waals surface area contributed by atoms with Crippen molar-refractivity contribution in [1.29, 1.82) is 0 Å². The molecule has 0 saturated heterocycles. The van der Waals surface area contributed by atoms with E-state index in [4.69, 9.17) is 28.3 Å². The van der Waals surface area contributed by atoms with Crippen LogP contribution in [0.5, 0.6) is 17.2 Å². The summed E-state index contributed by atoms with van der Waals surface area (Å²) in [5.74, 6) is -3.95. The van der Waals surface area contributed by atoms with Gasteiger partial charge in [-0.25, -0.2) is 0 Å². The van der Waals surface area contributed by atoms with Gasteiger partial charge in [-0.2, -0.15) is 11.6 Å². The summed E-state index contributed by atoms with van der Waals surface area (Å²) in [7, 11) is 0. The summed E-state index contributed by atoms with van der Waals surface area (Å²) in [5, 5.41) is 10.3. The van der Waals surface area contributed by atoms with Gasteiger partial charge in [-0.15, -0.1) is 0 Å². The molecule has 0 fully saturated rings. The number of hydrogen-bond donors (Lipinski definition) is 1. The van der Waals surface area contributed by atoms with Crippen LogP contribution in [0.2, 0.25) is 0 Å². The number of aromatic nitrogens is 1. The Kier molecular flexibility index (Phi) is 3.10. The Morgan fingerprint density at radius 2 is 1.35 bits per heavy atom. The summed E-state index contributed by atoms with van der Waals surface area (Å²) in [5.41, 5.74) is -7.07. The van der Waals surface area contributed by atoms with E-state index in [1.165, 1.54) is 6.92 Å². The summed E-state index contributed by atoms with van der Waals surface area (Å²) >= 11 is 0.656. The fourth-order valence-corrected chi connectivity index (χ4v) is 8.40. The molecule has 2 aliphatic rings. The lowest BCUT2D eigenvalue weighted by atomic mass is 9.57. The zero-order chi connectivity index (χ0) is 59.0. The van der Waals surface area contributed by atoms with Crippen LogP contribution >= 0.6 is 11.6 Å². The Morgan fingerprint density at radius 3 is 2.20 bits per heavy atom. The number of fused-ring (bicyclic) bond motifs is 10. The maximum Gasteiger partial charge on any atom is 0.289 e. The number of para-hydroxylation sites is 3. The maximum atomic E-state index is 11.5. The third kappa shape index (κ3) is 4.49. The molecule has 0 atom stereocenters. The molecule has 6 heteroatoms. The summed E-state index contributed by atoms with van der Waals surface area (Å²) in [6.07, 6.45) is 0. The van der Waals surface area contributed by atoms with Gasteiger partial charge in [0.15, 0.2) is 0 Å². The first-order valence-corrected chi connectivity index (χ1v) is 17.4. The number of benzene rings is 8. The lowest BCUT2D eigenvalue weighted by Gasteiger charge is -2.33. The van der Waals surface area contributed by atoms with Crippen molar-refractivity contribution in [3.8, 4) is 56.3 Å². The van der Waals surface area contributed by atoms with E-state index in [1.807, 2.05) is 0 Å². The Morgan fingerprint density at radius 1 is 0.600 bits per heavy atom. The molecule has 258 valence electrons. The first-order chi connectivity index (χ1) is 37.9. The van der Waals surface area contributed by atoms with Crippen molar-refractivity contribution >= 4 is 72.3 Å². The van der Waals surface area contributed by atoms with Gasteiger partial charge in [0, 0.05) is 38.0 Å². The van der Waals surface area contributed by atoms with Gasteiger partial charge in [0.1, 0.15) is 28.4 Å². The highest BCUT2D eigenvalue weighted by atomic mass is 32.2. The largest absolute Gasteiger partial charge is 0.508 e. The van der Waals surface area contributed by atoms with Crippen LogP contribution in [0.4, 0.5) is 0 Å². The van der Waals surface area contributed by atoms with E-state index < -0.39 is 241 Å². The van der Waals surface area contributed by atoms with Crippen LogP contribution in [0.15, 0.2) is 166 Å². The summed E-state index contributed by atoms with van der Waals surface area (Å²) < 4.78 is 250. The minimum Gasteiger partial charge on any atom is -0.508 e. The van der Waals surface area contributed by atoms with Gasteiger partial charge >= 0.3 is 0 Å². The molecule has 0 saturated carbocycles. The normalized spacial score (nSPS) is 19.5. The van der Waals surface area contributed by atoms with E-state index in [1.54, 1.807) is 0 Å². The van der Waals surface area contributed by atoms with Crippen molar-refractivity contribution in [2.75, 3.05) is 0 Å². The van der Waals surface area contributed by atoms with Crippen LogP contribution in [0.3, 0.4) is 0 Å². The van der Waals surface area contributed by atoms with Gasteiger partial charge in [-0.1, -0.05) is 84.6 Å². The maximum absolute atomic E-state index is 11.5. The van der Waals surface area contributed by atoms with Gasteiger partial charge in [0.05, 0.1) is 52.4 Å². The standard InChI is InChI=1S/C49H30BNO3S/c1-28-9-8-16-44-48(28)37-21-18-29(24-45(37)54-44)30-17-20-36-38-23-31(25-46-49(38)50(55-47(36)26-30)39-12-4-7-15-43(39)53-46)33-22-19-32(52)27-42(33)51-40-13-5-2-10-34(40)35-11-3-6-14-41(35)51/h2-27,52H,1H3/i2D,3D,4D,5D,6D,7D,8D,9D,10D,11D,12D,13D,14D,15D,16D,17D,18D,19D,20D,21D,22D,23D,24D,25D,26D,27D. The van der Waals surface area contributed by atoms with E-state index in [9.17, 15) is 21.6 Å². The smallest absolute Gasteiger partial charge is 0.289 e. The lowest BCUT2D eigenvalue weighted by molar-refractivity contribution is 0.475. The minimum atomic E-state index is -1.51. The molecular formula is C49H30BNO3S. The van der Waals surface area contributed by atoms with Crippen LogP contribution in [-0.4, -0.2) is 15.7 Å². The van der Waals surface area contributed by atoms with E-state index in [0.29, 0.717) is 11.6 Å². The number of phenols is 1. The molecule has 0 unspecified atom stereocenters. The highest BCUT2D eigenvalue weighted by molar-refractivity contribution is 8.28. The Labute approximate surface area is 357 Å². The van der Waals surface area contributed by atoms with Crippen molar-refractivity contribution < 1.29 is 49.9 Å². The fraction of sp³-hybridized carbons (Fsp3) is 0.0204. The monoisotopic (exact) mass is 749 g/mol. The predicted molar refractivity (Wildman–Crippen MR) is 228 cm³/mol. The van der Waals surface area contributed by atoms with Crippen molar-refractivity contribution in [3.63, 3.8) is 0 Å². The number of furan rings is 1. The van der Waals surface area contributed by atoms with E-state index in [0.717, 1.165) is 4.57 Å². The number of rotatable bonds is 3. The van der Waals surface area contributed by atoms with Crippen molar-refractivity contribution in [2.45, 2.75) is 11.8 Å². The van der Waals surface area contributed by atoms with Crippen molar-refractivity contribution in [1.82, 2.24) is 4.57 Å². The topological polar surface area (TPSA) is 47.5 Å². The fourth-order valence-electron chi connectivity index (χ4n) is 7.11. The van der Waals surface area contributed by atoms with Gasteiger partial charge in [-0.05, 0) is 118 Å². The molecule has 4 nitrogen and oxygen atoms in total. The Balaban J connectivity index is 1.26. The SMILES string of the molecule is [2H]c1c([2H])c([2H])c2c(c1[2H])Oc1c([2H])c(-c3c([2H])c([2H])c(O)c([2H])c3-n3c4c([2H])c([2H])c([2H])c([2H])c4c4c([2H])c([2H])c([2H])c([2H])c43)c([2H])c3c1B2Sc1c([2H])c(-c2c([2H])c([2H])c4c(oc5c([2H])c([2H])c([2H])c(C)c54)c2[2H])c([2H])c([2H])c1-3. The summed E-state index contributed by atoms with van der Waals surface area (Å²) in [6.45, 7) is 1.44. The summed E-state index contributed by atoms with van der Waals surface area (Å²) in [4.78, 5) is -0.335. The van der Waals surface area contributed by atoms with Crippen LogP contribution in [0, 0.1) is 6.92 Å². The van der Waals surface area contributed by atoms with Crippen LogP contribution < -0.4 is 15.7 Å². The molecule has 0 amide bonds. The molecule has 0 radical (unpaired) electrons. The van der Waals surface area contributed by atoms with Crippen LogP contribution in [-0.2, 0) is 0 Å². The second-order valence-electron chi connectivity index (χ2n) is 12.5. The number of aromatic hydroxyl groups is 1. The number of aryl methyl sites for hydroxylation is 1. The number of nitrogens with zero attached hydrogens (tertiary/aromatic N) is 1. The molecule has 1 N–H and O–H groups in total. The van der Waals surface area contributed by atoms with Gasteiger partial charge in [0.2, 0.25) is 0 Å². The molecular weight excluding hydrogens is 693 g/mol. The second kappa shape index (κ2) is 11.4. The first kappa shape index (κ1) is 14.9. The van der Waals surface area contributed by atoms with Gasteiger partial charge in [0.25, 0.3) is 5.99 Å². The average molecular weight is 750 g/mol. The number of phenolic OH excluding ortho intramolecular Hbond substituents is 1. The summed E-state index contributed by atoms with van der Waals surface area (Å²) in [6, 6.07) is -21.1. The van der Waals surface area contributed by atoms with Gasteiger partial charge in [-0.3, -0.25) is 0 Å². The molecule has 12 rings (SSSR count). The quantitative estimate of drug-likeness (QED) is 0.183. The first-order valence-electron chi connectivity index (χ1n) is 29.5. The zero-order valence-corrected chi connectivity index (χ0v) is 28.5. The van der Waals surface area contributed by atoms with Crippen molar-refractivity contribution in [2.24, 2.45) is 0 Å². The molecule has 0 spiro atoms. The van der Waals surface area contributed by atoms with E-state index in [2.05, 4.69) is 0 Å². The molecule has 55 heavy (non-hydrogen) atoms. The number of ether oxygens (including phenoxy) is 1.